The highest BCUT2D eigenvalue weighted by Crippen LogP contribution is 2.23. The lowest BCUT2D eigenvalue weighted by Crippen LogP contribution is -2.26. The molecule has 1 aliphatic rings. The molecule has 1 unspecified atom stereocenters. The van der Waals surface area contributed by atoms with Gasteiger partial charge in [0, 0.05) is 5.56 Å². The number of carbonyl (C=O) groups excluding carboxylic acids is 2. The number of hydrogen-bond acceptors (Lipinski definition) is 8. The summed E-state index contributed by atoms with van der Waals surface area (Å²) < 4.78 is 10.6. The van der Waals surface area contributed by atoms with Crippen molar-refractivity contribution >= 4 is 41.0 Å². The van der Waals surface area contributed by atoms with Crippen molar-refractivity contribution in [3.05, 3.63) is 47.7 Å². The summed E-state index contributed by atoms with van der Waals surface area (Å²) in [5.74, 6) is -0.818. The molecule has 1 aliphatic heterocycles. The average molecular weight is 415 g/mol. The Morgan fingerprint density at radius 3 is 2.72 bits per heavy atom. The van der Waals surface area contributed by atoms with E-state index in [9.17, 15) is 14.4 Å². The van der Waals surface area contributed by atoms with Crippen LogP contribution in [-0.4, -0.2) is 46.2 Å². The Morgan fingerprint density at radius 2 is 2.03 bits per heavy atom. The summed E-state index contributed by atoms with van der Waals surface area (Å²) in [6.45, 7) is 2.06. The highest BCUT2D eigenvalue weighted by molar-refractivity contribution is 8.15. The van der Waals surface area contributed by atoms with Gasteiger partial charge in [-0.05, 0) is 31.2 Å². The lowest BCUT2D eigenvalue weighted by molar-refractivity contribution is -0.138. The van der Waals surface area contributed by atoms with E-state index in [1.807, 2.05) is 0 Å². The van der Waals surface area contributed by atoms with Gasteiger partial charge in [-0.25, -0.2) is 4.79 Å². The summed E-state index contributed by atoms with van der Waals surface area (Å²) in [5.41, 5.74) is 1.23. The molecule has 150 valence electrons. The molecule has 0 bridgehead atoms. The van der Waals surface area contributed by atoms with Crippen molar-refractivity contribution < 1.29 is 28.6 Å². The summed E-state index contributed by atoms with van der Waals surface area (Å²) in [6.07, 6.45) is 1.09. The molecule has 1 aromatic carbocycles. The number of amidine groups is 1. The van der Waals surface area contributed by atoms with Gasteiger partial charge in [-0.3, -0.25) is 9.59 Å². The van der Waals surface area contributed by atoms with Gasteiger partial charge in [0.1, 0.15) is 16.8 Å². The van der Waals surface area contributed by atoms with Crippen LogP contribution >= 0.6 is 11.8 Å². The molecule has 1 aromatic heterocycles. The lowest BCUT2D eigenvalue weighted by Gasteiger charge is -2.02. The van der Waals surface area contributed by atoms with Crippen molar-refractivity contribution in [1.29, 1.82) is 0 Å². The topological polar surface area (TPSA) is 131 Å². The van der Waals surface area contributed by atoms with Crippen molar-refractivity contribution in [3.8, 4) is 11.3 Å². The van der Waals surface area contributed by atoms with Crippen LogP contribution in [0, 0.1) is 0 Å². The molecule has 1 fully saturated rings. The van der Waals surface area contributed by atoms with Crippen LogP contribution < -0.4 is 5.32 Å². The van der Waals surface area contributed by atoms with E-state index in [1.165, 1.54) is 6.21 Å². The maximum absolute atomic E-state index is 11.7. The van der Waals surface area contributed by atoms with Gasteiger partial charge in [0.15, 0.2) is 5.17 Å². The number of hydrogen-bond donors (Lipinski definition) is 2. The van der Waals surface area contributed by atoms with E-state index < -0.39 is 17.1 Å². The van der Waals surface area contributed by atoms with E-state index in [1.54, 1.807) is 43.3 Å². The third-order valence-corrected chi connectivity index (χ3v) is 4.85. The molecular weight excluding hydrogens is 398 g/mol. The van der Waals surface area contributed by atoms with Crippen LogP contribution in [0.5, 0.6) is 0 Å². The Labute approximate surface area is 169 Å². The predicted octanol–water partition coefficient (Wildman–Crippen LogP) is 2.52. The molecule has 0 saturated carbocycles. The monoisotopic (exact) mass is 415 g/mol. The lowest BCUT2D eigenvalue weighted by atomic mass is 10.1. The van der Waals surface area contributed by atoms with Gasteiger partial charge in [-0.2, -0.15) is 5.10 Å². The summed E-state index contributed by atoms with van der Waals surface area (Å²) in [5, 5.41) is 18.5. The minimum absolute atomic E-state index is 0.235. The van der Waals surface area contributed by atoms with Crippen molar-refractivity contribution in [2.75, 3.05) is 6.61 Å². The largest absolute Gasteiger partial charge is 0.481 e. The molecule has 3 rings (SSSR count). The number of nitrogens with one attached hydrogen (secondary N) is 1. The summed E-state index contributed by atoms with van der Waals surface area (Å²) in [7, 11) is 0. The van der Waals surface area contributed by atoms with Crippen molar-refractivity contribution in [3.63, 3.8) is 0 Å². The van der Waals surface area contributed by atoms with Crippen LogP contribution in [0.4, 0.5) is 0 Å². The number of aliphatic carboxylic acids is 1. The number of carboxylic acid groups (broad SMARTS) is 1. The minimum Gasteiger partial charge on any atom is -0.481 e. The number of carbonyl (C=O) groups is 3. The predicted molar refractivity (Wildman–Crippen MR) is 107 cm³/mol. The Bertz CT molecular complexity index is 980. The Morgan fingerprint density at radius 1 is 1.28 bits per heavy atom. The summed E-state index contributed by atoms with van der Waals surface area (Å²) in [6, 6.07) is 10.3. The molecule has 29 heavy (non-hydrogen) atoms. The van der Waals surface area contributed by atoms with Crippen LogP contribution in [0.2, 0.25) is 0 Å². The Kier molecular flexibility index (Phi) is 6.45. The normalized spacial score (nSPS) is 17.6. The zero-order valence-electron chi connectivity index (χ0n) is 15.3. The Balaban J connectivity index is 1.62. The van der Waals surface area contributed by atoms with Crippen LogP contribution in [0.1, 0.15) is 29.5 Å². The van der Waals surface area contributed by atoms with Gasteiger partial charge in [-0.1, -0.05) is 23.9 Å². The third-order valence-electron chi connectivity index (χ3n) is 3.78. The van der Waals surface area contributed by atoms with E-state index in [2.05, 4.69) is 15.5 Å². The summed E-state index contributed by atoms with van der Waals surface area (Å²) in [4.78, 5) is 34.0. The highest BCUT2D eigenvalue weighted by Gasteiger charge is 2.32. The smallest absolute Gasteiger partial charge is 0.338 e. The van der Waals surface area contributed by atoms with Gasteiger partial charge < -0.3 is 19.6 Å². The maximum atomic E-state index is 11.7. The number of esters is 1. The number of amides is 1. The molecule has 2 aromatic rings. The third kappa shape index (κ3) is 5.32. The van der Waals surface area contributed by atoms with Gasteiger partial charge >= 0.3 is 11.9 Å². The van der Waals surface area contributed by atoms with Gasteiger partial charge in [0.05, 0.1) is 24.8 Å². The second-order valence-corrected chi connectivity index (χ2v) is 7.03. The van der Waals surface area contributed by atoms with E-state index in [4.69, 9.17) is 14.3 Å². The second kappa shape index (κ2) is 9.20. The zero-order valence-corrected chi connectivity index (χ0v) is 16.1. The number of carboxylic acids is 1. The molecule has 2 heterocycles. The fraction of sp³-hybridized carbons (Fsp3) is 0.211. The Hall–Kier alpha value is -3.40. The van der Waals surface area contributed by atoms with Gasteiger partial charge in [-0.15, -0.1) is 5.10 Å². The van der Waals surface area contributed by atoms with E-state index in [-0.39, 0.29) is 17.6 Å². The fourth-order valence-electron chi connectivity index (χ4n) is 2.45. The molecule has 0 spiro atoms. The molecule has 0 aliphatic carbocycles. The molecule has 10 heteroatoms. The molecule has 2 N–H and O–H groups in total. The van der Waals surface area contributed by atoms with Crippen molar-refractivity contribution in [2.45, 2.75) is 18.6 Å². The number of nitrogens with zero attached hydrogens (tertiary/aromatic N) is 2. The van der Waals surface area contributed by atoms with Crippen LogP contribution in [0.3, 0.4) is 0 Å². The first kappa shape index (κ1) is 20.3. The highest BCUT2D eigenvalue weighted by atomic mass is 32.2. The number of furan rings is 1. The molecule has 9 nitrogen and oxygen atoms in total. The van der Waals surface area contributed by atoms with Gasteiger partial charge in [0.25, 0.3) is 0 Å². The first-order valence-electron chi connectivity index (χ1n) is 8.64. The minimum atomic E-state index is -1.05. The second-order valence-electron chi connectivity index (χ2n) is 5.84. The van der Waals surface area contributed by atoms with Crippen molar-refractivity contribution in [2.24, 2.45) is 10.2 Å². The number of thioether (sulfide) groups is 1. The standard InChI is InChI=1S/C19H17N3O6S/c1-2-27-18(26)12-5-3-11(4-6-12)14-8-7-13(28-14)10-20-22-19-21-17(25)15(29-19)9-16(23)24/h3-8,10,15H,2,9H2,1H3,(H,23,24)(H,21,22,25). The van der Waals surface area contributed by atoms with Crippen LogP contribution in [-0.2, 0) is 14.3 Å². The zero-order chi connectivity index (χ0) is 20.8. The molecule has 1 saturated heterocycles. The number of ether oxygens (including phenoxy) is 1. The first-order valence-corrected chi connectivity index (χ1v) is 9.52. The molecule has 0 radical (unpaired) electrons. The van der Waals surface area contributed by atoms with Crippen LogP contribution in [0.25, 0.3) is 11.3 Å². The molecule has 1 amide bonds. The summed E-state index contributed by atoms with van der Waals surface area (Å²) >= 11 is 1.02. The van der Waals surface area contributed by atoms with E-state index in [0.717, 1.165) is 17.3 Å². The van der Waals surface area contributed by atoms with Crippen LogP contribution in [0.15, 0.2) is 51.0 Å². The van der Waals surface area contributed by atoms with E-state index >= 15 is 0 Å². The fourth-order valence-corrected chi connectivity index (χ4v) is 3.36. The number of rotatable bonds is 7. The quantitative estimate of drug-likeness (QED) is 0.404. The first-order chi connectivity index (χ1) is 14.0. The SMILES string of the molecule is CCOC(=O)c1ccc(-c2ccc(C=NN=C3NC(=O)C(CC(=O)O)S3)o2)cc1. The van der Waals surface area contributed by atoms with E-state index in [0.29, 0.717) is 23.7 Å². The average Bonchev–Trinajstić information content (AvgIpc) is 3.29. The molecular formula is C19H17N3O6S. The van der Waals surface area contributed by atoms with Gasteiger partial charge in [0.2, 0.25) is 5.91 Å². The van der Waals surface area contributed by atoms with Crippen molar-refractivity contribution in [1.82, 2.24) is 5.32 Å². The maximum Gasteiger partial charge on any atom is 0.338 e. The molecule has 1 atom stereocenters. The number of benzene rings is 1.